The van der Waals surface area contributed by atoms with Crippen LogP contribution in [0.25, 0.3) is 0 Å². The van der Waals surface area contributed by atoms with E-state index in [0.717, 1.165) is 4.88 Å². The molecule has 1 heterocycles. The summed E-state index contributed by atoms with van der Waals surface area (Å²) in [7, 11) is -3.91. The molecular weight excluding hydrogens is 266 g/mol. The summed E-state index contributed by atoms with van der Waals surface area (Å²) in [6.07, 6.45) is 0. The maximum atomic E-state index is 11.9. The van der Waals surface area contributed by atoms with E-state index >= 15 is 0 Å². The lowest BCUT2D eigenvalue weighted by Gasteiger charge is -2.11. The number of nitrogens with one attached hydrogen (secondary N) is 1. The predicted molar refractivity (Wildman–Crippen MR) is 62.6 cm³/mol. The second-order valence-electron chi connectivity index (χ2n) is 3.47. The molecule has 0 aliphatic carbocycles. The molecule has 0 saturated carbocycles. The lowest BCUT2D eigenvalue weighted by atomic mass is 10.3. The summed E-state index contributed by atoms with van der Waals surface area (Å²) in [6, 6.07) is -0.0573. The molecule has 0 spiro atoms. The van der Waals surface area contributed by atoms with Crippen molar-refractivity contribution < 1.29 is 23.4 Å². The molecule has 6 nitrogen and oxygen atoms in total. The molecule has 1 aromatic heterocycles. The smallest absolute Gasteiger partial charge is 0.324 e. The van der Waals surface area contributed by atoms with Gasteiger partial charge in [0.1, 0.15) is 6.04 Å². The Balaban J connectivity index is 3.04. The number of carboxylic acids is 1. The van der Waals surface area contributed by atoms with E-state index in [9.17, 15) is 13.2 Å². The summed E-state index contributed by atoms with van der Waals surface area (Å²) in [6.45, 7) is 2.61. The minimum Gasteiger partial charge on any atom is -0.480 e. The van der Waals surface area contributed by atoms with Crippen LogP contribution in [0.15, 0.2) is 11.0 Å². The molecule has 8 heteroatoms. The number of thiophene rings is 1. The highest BCUT2D eigenvalue weighted by molar-refractivity contribution is 7.89. The Morgan fingerprint density at radius 2 is 2.12 bits per heavy atom. The fourth-order valence-corrected chi connectivity index (χ4v) is 4.03. The Hall–Kier alpha value is -0.960. The second-order valence-corrected chi connectivity index (χ2v) is 6.62. The number of aliphatic hydroxyl groups excluding tert-OH is 1. The molecule has 1 rings (SSSR count). The van der Waals surface area contributed by atoms with Crippen LogP contribution in [0, 0.1) is 13.8 Å². The van der Waals surface area contributed by atoms with Crippen LogP contribution in [0.3, 0.4) is 0 Å². The van der Waals surface area contributed by atoms with Crippen LogP contribution in [-0.2, 0) is 14.8 Å². The number of carboxylic acid groups (broad SMARTS) is 1. The zero-order chi connectivity index (χ0) is 13.2. The average Bonchev–Trinajstić information content (AvgIpc) is 2.54. The van der Waals surface area contributed by atoms with Crippen molar-refractivity contribution in [2.75, 3.05) is 6.61 Å². The number of aliphatic hydroxyl groups is 1. The summed E-state index contributed by atoms with van der Waals surface area (Å²) in [5.74, 6) is -1.42. The maximum Gasteiger partial charge on any atom is 0.324 e. The SMILES string of the molecule is Cc1cc(S(=O)(=O)NC(CO)C(=O)O)c(C)s1. The van der Waals surface area contributed by atoms with Gasteiger partial charge in [-0.15, -0.1) is 11.3 Å². The number of hydrogen-bond acceptors (Lipinski definition) is 5. The van der Waals surface area contributed by atoms with E-state index in [-0.39, 0.29) is 4.90 Å². The molecular formula is C9H13NO5S2. The first-order chi connectivity index (χ1) is 7.77. The summed E-state index contributed by atoms with van der Waals surface area (Å²) < 4.78 is 25.7. The summed E-state index contributed by atoms with van der Waals surface area (Å²) in [5, 5.41) is 17.4. The highest BCUT2D eigenvalue weighted by atomic mass is 32.2. The van der Waals surface area contributed by atoms with Gasteiger partial charge in [-0.05, 0) is 19.9 Å². The van der Waals surface area contributed by atoms with Gasteiger partial charge in [-0.25, -0.2) is 8.42 Å². The van der Waals surface area contributed by atoms with Crippen molar-refractivity contribution in [1.29, 1.82) is 0 Å². The number of hydrogen-bond donors (Lipinski definition) is 3. The fourth-order valence-electron chi connectivity index (χ4n) is 1.29. The monoisotopic (exact) mass is 279 g/mol. The van der Waals surface area contributed by atoms with E-state index in [1.165, 1.54) is 17.4 Å². The molecule has 0 saturated heterocycles. The Labute approximate surface area is 103 Å². The van der Waals surface area contributed by atoms with Gasteiger partial charge in [0.2, 0.25) is 10.0 Å². The van der Waals surface area contributed by atoms with Crippen LogP contribution in [-0.4, -0.2) is 37.2 Å². The van der Waals surface area contributed by atoms with Gasteiger partial charge in [0.25, 0.3) is 0 Å². The van der Waals surface area contributed by atoms with Crippen molar-refractivity contribution >= 4 is 27.3 Å². The third kappa shape index (κ3) is 3.25. The Bertz CT molecular complexity index is 519. The van der Waals surface area contributed by atoms with Crippen molar-refractivity contribution in [2.45, 2.75) is 24.8 Å². The summed E-state index contributed by atoms with van der Waals surface area (Å²) in [5.41, 5.74) is 0. The van der Waals surface area contributed by atoms with Crippen LogP contribution in [0.1, 0.15) is 9.75 Å². The Morgan fingerprint density at radius 1 is 1.53 bits per heavy atom. The van der Waals surface area contributed by atoms with E-state index < -0.39 is 28.6 Å². The average molecular weight is 279 g/mol. The maximum absolute atomic E-state index is 11.9. The molecule has 0 aliphatic rings. The number of rotatable bonds is 5. The van der Waals surface area contributed by atoms with Crippen molar-refractivity contribution in [3.8, 4) is 0 Å². The van der Waals surface area contributed by atoms with Gasteiger partial charge < -0.3 is 10.2 Å². The molecule has 0 aromatic carbocycles. The Morgan fingerprint density at radius 3 is 2.47 bits per heavy atom. The van der Waals surface area contributed by atoms with Crippen LogP contribution < -0.4 is 4.72 Å². The third-order valence-corrected chi connectivity index (χ3v) is 4.76. The normalized spacial score (nSPS) is 13.6. The number of aryl methyl sites for hydroxylation is 2. The lowest BCUT2D eigenvalue weighted by molar-refractivity contribution is -0.139. The van der Waals surface area contributed by atoms with E-state index in [1.807, 2.05) is 4.72 Å². The third-order valence-electron chi connectivity index (χ3n) is 2.06. The zero-order valence-electron chi connectivity index (χ0n) is 9.30. The van der Waals surface area contributed by atoms with Gasteiger partial charge in [0.05, 0.1) is 11.5 Å². The van der Waals surface area contributed by atoms with E-state index in [1.54, 1.807) is 13.8 Å². The minimum absolute atomic E-state index is 0.0553. The van der Waals surface area contributed by atoms with Crippen molar-refractivity contribution in [3.63, 3.8) is 0 Å². The van der Waals surface area contributed by atoms with Gasteiger partial charge in [-0.1, -0.05) is 0 Å². The van der Waals surface area contributed by atoms with E-state index in [2.05, 4.69) is 0 Å². The fraction of sp³-hybridized carbons (Fsp3) is 0.444. The first kappa shape index (κ1) is 14.1. The Kier molecular flexibility index (Phi) is 4.26. The van der Waals surface area contributed by atoms with Gasteiger partial charge in [-0.2, -0.15) is 4.72 Å². The lowest BCUT2D eigenvalue weighted by Crippen LogP contribution is -2.43. The molecule has 0 bridgehead atoms. The van der Waals surface area contributed by atoms with E-state index in [4.69, 9.17) is 10.2 Å². The van der Waals surface area contributed by atoms with Gasteiger partial charge in [0, 0.05) is 9.75 Å². The molecule has 1 atom stereocenters. The van der Waals surface area contributed by atoms with Crippen molar-refractivity contribution in [3.05, 3.63) is 15.8 Å². The van der Waals surface area contributed by atoms with Gasteiger partial charge in [0.15, 0.2) is 0 Å². The van der Waals surface area contributed by atoms with Gasteiger partial charge in [-0.3, -0.25) is 4.79 Å². The van der Waals surface area contributed by atoms with Gasteiger partial charge >= 0.3 is 5.97 Å². The van der Waals surface area contributed by atoms with E-state index in [0.29, 0.717) is 4.88 Å². The minimum atomic E-state index is -3.91. The topological polar surface area (TPSA) is 104 Å². The molecule has 0 amide bonds. The quantitative estimate of drug-likeness (QED) is 0.708. The summed E-state index contributed by atoms with van der Waals surface area (Å²) >= 11 is 1.31. The highest BCUT2D eigenvalue weighted by Gasteiger charge is 2.26. The first-order valence-electron chi connectivity index (χ1n) is 4.71. The molecule has 17 heavy (non-hydrogen) atoms. The molecule has 1 unspecified atom stereocenters. The van der Waals surface area contributed by atoms with Crippen LogP contribution in [0.5, 0.6) is 0 Å². The second kappa shape index (κ2) is 5.13. The standard InChI is InChI=1S/C9H13NO5S2/c1-5-3-8(6(2)16-5)17(14,15)10-7(4-11)9(12)13/h3,7,10-11H,4H2,1-2H3,(H,12,13). The molecule has 96 valence electrons. The highest BCUT2D eigenvalue weighted by Crippen LogP contribution is 2.24. The molecule has 3 N–H and O–H groups in total. The number of sulfonamides is 1. The van der Waals surface area contributed by atoms with Crippen LogP contribution in [0.2, 0.25) is 0 Å². The number of aliphatic carboxylic acids is 1. The number of carbonyl (C=O) groups is 1. The zero-order valence-corrected chi connectivity index (χ0v) is 10.9. The first-order valence-corrected chi connectivity index (χ1v) is 7.01. The molecule has 0 radical (unpaired) electrons. The molecule has 0 fully saturated rings. The molecule has 1 aromatic rings. The van der Waals surface area contributed by atoms with Crippen molar-refractivity contribution in [2.24, 2.45) is 0 Å². The van der Waals surface area contributed by atoms with Crippen molar-refractivity contribution in [1.82, 2.24) is 4.72 Å². The largest absolute Gasteiger partial charge is 0.480 e. The predicted octanol–water partition coefficient (Wildman–Crippen LogP) is 0.0887. The summed E-state index contributed by atoms with van der Waals surface area (Å²) in [4.78, 5) is 12.1. The molecule has 0 aliphatic heterocycles. The van der Waals surface area contributed by atoms with Crippen LogP contribution in [0.4, 0.5) is 0 Å². The van der Waals surface area contributed by atoms with Crippen LogP contribution >= 0.6 is 11.3 Å².